The molecule has 0 radical (unpaired) electrons. The van der Waals surface area contributed by atoms with E-state index in [0.717, 1.165) is 48.4 Å². The number of piperazine rings is 1. The summed E-state index contributed by atoms with van der Waals surface area (Å²) in [4.78, 5) is 15.2. The van der Waals surface area contributed by atoms with E-state index in [9.17, 15) is 14.8 Å². The molecule has 1 saturated heterocycles. The van der Waals surface area contributed by atoms with Gasteiger partial charge in [0.05, 0.1) is 0 Å². The van der Waals surface area contributed by atoms with Crippen molar-refractivity contribution >= 4 is 24.4 Å². The Morgan fingerprint density at radius 1 is 1.06 bits per heavy atom. The lowest BCUT2D eigenvalue weighted by atomic mass is 9.78. The molecule has 1 amide bonds. The smallest absolute Gasteiger partial charge is 0.448 e. The van der Waals surface area contributed by atoms with Crippen LogP contribution in [0.4, 0.5) is 10.5 Å². The molecule has 0 bridgehead atoms. The van der Waals surface area contributed by atoms with Gasteiger partial charge in [0.2, 0.25) is 0 Å². The molecule has 35 heavy (non-hydrogen) atoms. The number of fused-ring (bicyclic) bond motifs is 3. The molecule has 180 valence electrons. The van der Waals surface area contributed by atoms with E-state index in [1.165, 1.54) is 11.1 Å². The fourth-order valence-corrected chi connectivity index (χ4v) is 5.10. The Morgan fingerprint density at radius 2 is 1.69 bits per heavy atom. The first-order valence-corrected chi connectivity index (χ1v) is 12.1. The molecule has 1 aliphatic carbocycles. The highest BCUT2D eigenvalue weighted by Gasteiger charge is 2.29. The number of anilines is 1. The van der Waals surface area contributed by atoms with Crippen LogP contribution in [0.25, 0.3) is 11.1 Å². The summed E-state index contributed by atoms with van der Waals surface area (Å²) in [6.45, 7) is 6.51. The lowest BCUT2D eigenvalue weighted by molar-refractivity contribution is 0.158. The minimum Gasteiger partial charge on any atom is -0.448 e. The second kappa shape index (κ2) is 10.2. The maximum atomic E-state index is 12.9. The zero-order chi connectivity index (χ0) is 24.4. The Bertz CT molecular complexity index is 1180. The summed E-state index contributed by atoms with van der Waals surface area (Å²) in [6, 6.07) is 19.8. The van der Waals surface area contributed by atoms with Gasteiger partial charge in [0, 0.05) is 44.3 Å². The predicted octanol–water partition coefficient (Wildman–Crippen LogP) is 2.44. The van der Waals surface area contributed by atoms with Crippen LogP contribution in [-0.2, 0) is 11.3 Å². The second-order valence-electron chi connectivity index (χ2n) is 9.20. The molecule has 2 aliphatic rings. The van der Waals surface area contributed by atoms with Crippen LogP contribution in [0, 0.1) is 6.92 Å². The third-order valence-electron chi connectivity index (χ3n) is 7.02. The van der Waals surface area contributed by atoms with E-state index in [2.05, 4.69) is 39.8 Å². The molecule has 0 aromatic heterocycles. The summed E-state index contributed by atoms with van der Waals surface area (Å²) in [6.07, 6.45) is -0.562. The van der Waals surface area contributed by atoms with Crippen LogP contribution in [0.1, 0.15) is 28.2 Å². The van der Waals surface area contributed by atoms with Gasteiger partial charge in [0.25, 0.3) is 0 Å². The molecular formula is C27H30BN3O4. The molecule has 1 aliphatic heterocycles. The van der Waals surface area contributed by atoms with Gasteiger partial charge in [-0.25, -0.2) is 4.79 Å². The molecule has 0 saturated carbocycles. The quantitative estimate of drug-likeness (QED) is 0.413. The van der Waals surface area contributed by atoms with E-state index in [-0.39, 0.29) is 12.5 Å². The summed E-state index contributed by atoms with van der Waals surface area (Å²) in [7, 11) is -1.62. The molecule has 1 fully saturated rings. The minimum absolute atomic E-state index is 0.0249. The topological polar surface area (TPSA) is 94.1 Å². The van der Waals surface area contributed by atoms with Crippen molar-refractivity contribution in [2.45, 2.75) is 19.4 Å². The van der Waals surface area contributed by atoms with Crippen LogP contribution in [0.3, 0.4) is 0 Å². The number of amides is 1. The Morgan fingerprint density at radius 3 is 2.31 bits per heavy atom. The van der Waals surface area contributed by atoms with Gasteiger partial charge in [-0.3, -0.25) is 10.2 Å². The molecule has 3 aromatic rings. The highest BCUT2D eigenvalue weighted by atomic mass is 16.5. The van der Waals surface area contributed by atoms with Crippen LogP contribution in [0.2, 0.25) is 0 Å². The first kappa shape index (κ1) is 23.6. The minimum atomic E-state index is -1.62. The monoisotopic (exact) mass is 471 g/mol. The number of rotatable bonds is 6. The van der Waals surface area contributed by atoms with Crippen molar-refractivity contribution in [3.05, 3.63) is 82.9 Å². The predicted molar refractivity (Wildman–Crippen MR) is 138 cm³/mol. The number of carbonyl (C=O) groups is 1. The number of nitrogens with one attached hydrogen (secondary N) is 2. The number of hydrogen-bond donors (Lipinski definition) is 4. The van der Waals surface area contributed by atoms with Gasteiger partial charge >= 0.3 is 13.2 Å². The lowest BCUT2D eigenvalue weighted by Gasteiger charge is -2.28. The first-order valence-electron chi connectivity index (χ1n) is 12.1. The van der Waals surface area contributed by atoms with Gasteiger partial charge in [-0.1, -0.05) is 54.6 Å². The number of ether oxygens (including phenoxy) is 1. The maximum Gasteiger partial charge on any atom is 0.488 e. The summed E-state index contributed by atoms with van der Waals surface area (Å²) in [5.41, 5.74) is 7.37. The molecule has 0 unspecified atom stereocenters. The lowest BCUT2D eigenvalue weighted by Crippen LogP contribution is -2.43. The highest BCUT2D eigenvalue weighted by molar-refractivity contribution is 6.58. The third-order valence-corrected chi connectivity index (χ3v) is 7.02. The van der Waals surface area contributed by atoms with E-state index >= 15 is 0 Å². The average Bonchev–Trinajstić information content (AvgIpc) is 3.19. The van der Waals surface area contributed by atoms with Gasteiger partial charge in [0.1, 0.15) is 6.61 Å². The van der Waals surface area contributed by atoms with Crippen LogP contribution in [0.5, 0.6) is 0 Å². The number of hydrogen-bond acceptors (Lipinski definition) is 6. The fraction of sp³-hybridized carbons (Fsp3) is 0.296. The standard InChI is InChI=1S/C27H30BN3O4/c1-18-19(16-31-12-10-29-11-13-31)14-20(28(33)34)15-26(18)30-27(32)35-17-25-23-8-4-2-6-21(23)22-7-3-5-9-24(22)25/h2-9,14-15,25,29,33-34H,10-13,16-17H2,1H3,(H,30,32). The Labute approximate surface area is 205 Å². The molecule has 0 spiro atoms. The molecule has 4 N–H and O–H groups in total. The van der Waals surface area contributed by atoms with E-state index in [4.69, 9.17) is 4.74 Å². The largest absolute Gasteiger partial charge is 0.488 e. The summed E-state index contributed by atoms with van der Waals surface area (Å²) in [5, 5.41) is 25.8. The number of benzene rings is 3. The third kappa shape index (κ3) is 4.97. The van der Waals surface area contributed by atoms with Crippen molar-refractivity contribution in [2.24, 2.45) is 0 Å². The average molecular weight is 471 g/mol. The van der Waals surface area contributed by atoms with Gasteiger partial charge in [-0.2, -0.15) is 0 Å². The van der Waals surface area contributed by atoms with Crippen molar-refractivity contribution in [3.8, 4) is 11.1 Å². The normalized spacial score (nSPS) is 15.4. The summed E-state index contributed by atoms with van der Waals surface area (Å²) < 4.78 is 5.70. The first-order chi connectivity index (χ1) is 17.0. The van der Waals surface area contributed by atoms with Gasteiger partial charge in [-0.15, -0.1) is 0 Å². The van der Waals surface area contributed by atoms with Crippen LogP contribution in [-0.4, -0.2) is 60.9 Å². The highest BCUT2D eigenvalue weighted by Crippen LogP contribution is 2.44. The molecule has 5 rings (SSSR count). The van der Waals surface area contributed by atoms with E-state index in [0.29, 0.717) is 17.7 Å². The summed E-state index contributed by atoms with van der Waals surface area (Å²) in [5.74, 6) is -0.0249. The SMILES string of the molecule is Cc1c(CN2CCNCC2)cc(B(O)O)cc1NC(=O)OCC1c2ccccc2-c2ccccc21. The molecule has 7 nitrogen and oxygen atoms in total. The molecule has 3 aromatic carbocycles. The van der Waals surface area contributed by atoms with Crippen LogP contribution in [0.15, 0.2) is 60.7 Å². The zero-order valence-corrected chi connectivity index (χ0v) is 19.8. The van der Waals surface area contributed by atoms with E-state index < -0.39 is 13.2 Å². The van der Waals surface area contributed by atoms with Crippen LogP contribution >= 0.6 is 0 Å². The number of carbonyl (C=O) groups excluding carboxylic acids is 1. The fourth-order valence-electron chi connectivity index (χ4n) is 5.10. The van der Waals surface area contributed by atoms with E-state index in [1.807, 2.05) is 31.2 Å². The zero-order valence-electron chi connectivity index (χ0n) is 19.8. The second-order valence-corrected chi connectivity index (χ2v) is 9.20. The summed E-state index contributed by atoms with van der Waals surface area (Å²) >= 11 is 0. The van der Waals surface area contributed by atoms with Crippen molar-refractivity contribution in [1.82, 2.24) is 10.2 Å². The van der Waals surface area contributed by atoms with Crippen molar-refractivity contribution in [2.75, 3.05) is 38.1 Å². The Kier molecular flexibility index (Phi) is 6.88. The molecule has 1 heterocycles. The van der Waals surface area contributed by atoms with Gasteiger partial charge in [-0.05, 0) is 51.8 Å². The van der Waals surface area contributed by atoms with Gasteiger partial charge < -0.3 is 20.1 Å². The van der Waals surface area contributed by atoms with Gasteiger partial charge in [0.15, 0.2) is 0 Å². The van der Waals surface area contributed by atoms with Crippen molar-refractivity contribution < 1.29 is 19.6 Å². The molecular weight excluding hydrogens is 441 g/mol. The van der Waals surface area contributed by atoms with E-state index in [1.54, 1.807) is 12.1 Å². The molecule has 8 heteroatoms. The van der Waals surface area contributed by atoms with Crippen LogP contribution < -0.4 is 16.1 Å². The van der Waals surface area contributed by atoms with Crippen molar-refractivity contribution in [3.63, 3.8) is 0 Å². The Hall–Kier alpha value is -3.17. The maximum absolute atomic E-state index is 12.9. The van der Waals surface area contributed by atoms with Crippen molar-refractivity contribution in [1.29, 1.82) is 0 Å². The molecule has 0 atom stereocenters. The Balaban J connectivity index is 1.32. The number of nitrogens with zero attached hydrogens (tertiary/aromatic N) is 1.